The van der Waals surface area contributed by atoms with E-state index in [1.54, 1.807) is 20.8 Å². The Morgan fingerprint density at radius 2 is 1.92 bits per heavy atom. The Morgan fingerprint density at radius 3 is 2.36 bits per heavy atom. The summed E-state index contributed by atoms with van der Waals surface area (Å²) in [6.45, 7) is 6.58. The number of carboxylic acids is 1. The summed E-state index contributed by atoms with van der Waals surface area (Å²) in [5, 5.41) is 21.7. The monoisotopic (exact) mass is 355 g/mol. The Morgan fingerprint density at radius 1 is 1.32 bits per heavy atom. The molecule has 1 aliphatic rings. The van der Waals surface area contributed by atoms with Gasteiger partial charge in [0.05, 0.1) is 30.0 Å². The van der Waals surface area contributed by atoms with E-state index < -0.39 is 45.1 Å². The summed E-state index contributed by atoms with van der Waals surface area (Å²) >= 11 is 0. The lowest BCUT2D eigenvalue weighted by Gasteiger charge is -2.55. The van der Waals surface area contributed by atoms with Crippen molar-refractivity contribution in [1.29, 1.82) is 0 Å². The van der Waals surface area contributed by atoms with Crippen molar-refractivity contribution in [1.82, 2.24) is 0 Å². The molecule has 5 nitrogen and oxygen atoms in total. The van der Waals surface area contributed by atoms with E-state index in [0.717, 1.165) is 6.07 Å². The third kappa shape index (κ3) is 3.01. The largest absolute Gasteiger partial charge is 0.498 e. The molecule has 0 aliphatic carbocycles. The summed E-state index contributed by atoms with van der Waals surface area (Å²) in [5.41, 5.74) is -2.12. The molecule has 1 saturated heterocycles. The van der Waals surface area contributed by atoms with Gasteiger partial charge < -0.3 is 15.0 Å². The third-order valence-corrected chi connectivity index (χ3v) is 5.74. The van der Waals surface area contributed by atoms with E-state index >= 15 is 0 Å². The lowest BCUT2D eigenvalue weighted by Crippen LogP contribution is -2.72. The van der Waals surface area contributed by atoms with Gasteiger partial charge in [0.25, 0.3) is 6.09 Å². The van der Waals surface area contributed by atoms with E-state index in [1.165, 1.54) is 13.0 Å². The van der Waals surface area contributed by atoms with E-state index in [1.807, 2.05) is 0 Å². The fraction of sp³-hybridized carbons (Fsp3) is 0.556. The minimum Gasteiger partial charge on any atom is -0.498 e. The number of hydrogen-bond acceptors (Lipinski definition) is 3. The molecule has 1 aromatic rings. The highest BCUT2D eigenvalue weighted by molar-refractivity contribution is 5.76. The number of benzene rings is 1. The second-order valence-electron chi connectivity index (χ2n) is 8.00. The zero-order valence-corrected chi connectivity index (χ0v) is 14.8. The summed E-state index contributed by atoms with van der Waals surface area (Å²) in [5.74, 6) is -3.71. The number of amides is 1. The van der Waals surface area contributed by atoms with Crippen molar-refractivity contribution >= 4 is 12.1 Å². The smallest absolute Gasteiger partial charge is 0.310 e. The molecule has 25 heavy (non-hydrogen) atoms. The van der Waals surface area contributed by atoms with Gasteiger partial charge in [-0.25, -0.2) is 8.78 Å². The lowest BCUT2D eigenvalue weighted by molar-refractivity contribution is -0.926. The number of aliphatic carboxylic acids is 1. The molecule has 0 bridgehead atoms. The fourth-order valence-electron chi connectivity index (χ4n) is 3.73. The second kappa shape index (κ2) is 6.05. The molecule has 0 spiro atoms. The molecule has 2 rings (SSSR count). The zero-order chi connectivity index (χ0) is 19.2. The van der Waals surface area contributed by atoms with Crippen LogP contribution in [0.2, 0.25) is 0 Å². The molecule has 1 aliphatic heterocycles. The minimum absolute atomic E-state index is 0.0130. The molecule has 0 radical (unpaired) electrons. The Balaban J connectivity index is 2.64. The number of halogens is 2. The number of carbonyl (C=O) groups excluding carboxylic acids is 1. The summed E-state index contributed by atoms with van der Waals surface area (Å²) in [6.07, 6.45) is -1.29. The fourth-order valence-corrected chi connectivity index (χ4v) is 3.73. The van der Waals surface area contributed by atoms with Crippen LogP contribution >= 0.6 is 0 Å². The highest BCUT2D eigenvalue weighted by atomic mass is 19.1. The van der Waals surface area contributed by atoms with Gasteiger partial charge >= 0.3 is 5.97 Å². The van der Waals surface area contributed by atoms with E-state index in [4.69, 9.17) is 0 Å². The van der Waals surface area contributed by atoms with Crippen molar-refractivity contribution in [2.75, 3.05) is 13.1 Å². The third-order valence-electron chi connectivity index (χ3n) is 5.74. The Bertz CT molecular complexity index is 716. The van der Waals surface area contributed by atoms with Crippen LogP contribution in [0.3, 0.4) is 0 Å². The number of likely N-dealkylation sites (tertiary alicyclic amines) is 1. The molecule has 1 aromatic carbocycles. The highest BCUT2D eigenvalue weighted by Crippen LogP contribution is 2.48. The molecule has 0 saturated carbocycles. The molecular weight excluding hydrogens is 332 g/mol. The standard InChI is InChI=1S/C18H23F2NO4/c1-17(2,3)21(16(24)25)8-7-18(4,15(22)23)13(10-21)12-6-5-11(19)9-14(12)20/h5-6,9,13H,7-8,10H2,1-4H3,(H-,22,23,24,25)/t13-,18+,21?/m0/s1. The van der Waals surface area contributed by atoms with Gasteiger partial charge in [0, 0.05) is 12.5 Å². The van der Waals surface area contributed by atoms with Crippen molar-refractivity contribution in [3.05, 3.63) is 35.4 Å². The molecule has 1 fully saturated rings. The number of nitrogens with zero attached hydrogens (tertiary/aromatic N) is 1. The molecule has 1 amide bonds. The maximum Gasteiger partial charge on any atom is 0.310 e. The molecule has 1 heterocycles. The molecular formula is C18H23F2NO4. The first-order valence-electron chi connectivity index (χ1n) is 8.12. The van der Waals surface area contributed by atoms with Crippen molar-refractivity contribution in [3.8, 4) is 0 Å². The van der Waals surface area contributed by atoms with Gasteiger partial charge in [-0.1, -0.05) is 6.07 Å². The maximum absolute atomic E-state index is 14.4. The van der Waals surface area contributed by atoms with E-state index in [2.05, 4.69) is 0 Å². The van der Waals surface area contributed by atoms with Crippen molar-refractivity contribution in [2.24, 2.45) is 5.41 Å². The molecule has 0 aromatic heterocycles. The topological polar surface area (TPSA) is 77.4 Å². The average molecular weight is 355 g/mol. The van der Waals surface area contributed by atoms with Crippen LogP contribution in [0, 0.1) is 17.0 Å². The van der Waals surface area contributed by atoms with Crippen LogP contribution in [0.4, 0.5) is 13.6 Å². The first-order chi connectivity index (χ1) is 11.3. The number of carboxylic acid groups (broad SMARTS) is 2. The Kier molecular flexibility index (Phi) is 4.67. The van der Waals surface area contributed by atoms with Crippen molar-refractivity contribution in [3.63, 3.8) is 0 Å². The summed E-state index contributed by atoms with van der Waals surface area (Å²) in [6, 6.07) is 2.95. The predicted molar refractivity (Wildman–Crippen MR) is 84.6 cm³/mol. The van der Waals surface area contributed by atoms with Crippen LogP contribution in [-0.4, -0.2) is 40.3 Å². The molecule has 1 N–H and O–H groups in total. The first-order valence-corrected chi connectivity index (χ1v) is 8.12. The first kappa shape index (κ1) is 19.3. The van der Waals surface area contributed by atoms with Crippen LogP contribution in [0.5, 0.6) is 0 Å². The van der Waals surface area contributed by atoms with Gasteiger partial charge in [-0.3, -0.25) is 9.28 Å². The summed E-state index contributed by atoms with van der Waals surface area (Å²) < 4.78 is 27.2. The second-order valence-corrected chi connectivity index (χ2v) is 8.00. The zero-order valence-electron chi connectivity index (χ0n) is 14.8. The maximum atomic E-state index is 14.4. The van der Waals surface area contributed by atoms with Crippen molar-refractivity contribution < 1.29 is 33.1 Å². The van der Waals surface area contributed by atoms with Crippen LogP contribution in [0.25, 0.3) is 0 Å². The van der Waals surface area contributed by atoms with Gasteiger partial charge in [-0.05, 0) is 39.3 Å². The van der Waals surface area contributed by atoms with E-state index in [-0.39, 0.29) is 25.1 Å². The molecule has 7 heteroatoms. The van der Waals surface area contributed by atoms with Crippen molar-refractivity contribution in [2.45, 2.75) is 45.6 Å². The number of hydrogen-bond donors (Lipinski definition) is 1. The van der Waals surface area contributed by atoms with Crippen LogP contribution in [0.1, 0.15) is 45.6 Å². The number of carbonyl (C=O) groups is 2. The van der Waals surface area contributed by atoms with Gasteiger partial charge in [-0.15, -0.1) is 0 Å². The normalized spacial score (nSPS) is 30.1. The summed E-state index contributed by atoms with van der Waals surface area (Å²) in [7, 11) is 0. The van der Waals surface area contributed by atoms with Gasteiger partial charge in [0.15, 0.2) is 0 Å². The van der Waals surface area contributed by atoms with Gasteiger partial charge in [0.1, 0.15) is 11.6 Å². The van der Waals surface area contributed by atoms with E-state index in [9.17, 15) is 28.6 Å². The minimum atomic E-state index is -1.36. The van der Waals surface area contributed by atoms with Gasteiger partial charge in [0.2, 0.25) is 0 Å². The quantitative estimate of drug-likeness (QED) is 0.827. The number of piperidine rings is 1. The highest BCUT2D eigenvalue weighted by Gasteiger charge is 2.57. The van der Waals surface area contributed by atoms with Crippen LogP contribution in [0.15, 0.2) is 18.2 Å². The Hall–Kier alpha value is -2.02. The molecule has 3 atom stereocenters. The lowest BCUT2D eigenvalue weighted by atomic mass is 9.67. The predicted octanol–water partition coefficient (Wildman–Crippen LogP) is 2.50. The number of rotatable bonds is 2. The van der Waals surface area contributed by atoms with Gasteiger partial charge in [-0.2, -0.15) is 0 Å². The molecule has 1 unspecified atom stereocenters. The Labute approximate surface area is 145 Å². The summed E-state index contributed by atoms with van der Waals surface area (Å²) in [4.78, 5) is 23.9. The van der Waals surface area contributed by atoms with Crippen LogP contribution < -0.4 is 5.11 Å². The number of quaternary nitrogens is 1. The molecule has 138 valence electrons. The van der Waals surface area contributed by atoms with E-state index in [0.29, 0.717) is 6.07 Å². The SMILES string of the molecule is CC(C)(C)[N+]1(C(=O)[O-])CC[C@@](C)(C(=O)O)[C@H](c2ccc(F)cc2F)C1. The average Bonchev–Trinajstić information content (AvgIpc) is 2.46. The van der Waals surface area contributed by atoms with Crippen LogP contribution in [-0.2, 0) is 4.79 Å².